The fourth-order valence-electron chi connectivity index (χ4n) is 2.75. The molecule has 0 radical (unpaired) electrons. The minimum atomic E-state index is -0.714. The maximum Gasteiger partial charge on any atom is 0.329 e. The van der Waals surface area contributed by atoms with Gasteiger partial charge in [0.25, 0.3) is 5.91 Å². The molecule has 0 aliphatic carbocycles. The van der Waals surface area contributed by atoms with Crippen molar-refractivity contribution < 1.29 is 18.8 Å². The molecule has 4 amide bonds. The lowest BCUT2D eigenvalue weighted by atomic mass is 10.1. The molecule has 1 aliphatic heterocycles. The highest BCUT2D eigenvalue weighted by molar-refractivity contribution is 9.10. The number of carbonyl (C=O) groups excluding carboxylic acids is 3. The Balaban J connectivity index is 1.72. The molecule has 0 bridgehead atoms. The van der Waals surface area contributed by atoms with Crippen LogP contribution in [0.25, 0.3) is 6.08 Å². The number of amides is 4. The van der Waals surface area contributed by atoms with E-state index in [0.717, 1.165) is 15.1 Å². The Morgan fingerprint density at radius 2 is 1.97 bits per heavy atom. The molecule has 7 nitrogen and oxygen atoms in total. The molecule has 0 atom stereocenters. The highest BCUT2D eigenvalue weighted by atomic mass is 79.9. The summed E-state index contributed by atoms with van der Waals surface area (Å²) in [5, 5.41) is 4.81. The van der Waals surface area contributed by atoms with Crippen molar-refractivity contribution in [1.29, 1.82) is 0 Å². The average Bonchev–Trinajstić information content (AvgIpc) is 2.91. The van der Waals surface area contributed by atoms with Crippen LogP contribution in [0.3, 0.4) is 0 Å². The monoisotopic (exact) mass is 460 g/mol. The first-order valence-corrected chi connectivity index (χ1v) is 9.41. The molecule has 0 unspecified atom stereocenters. The van der Waals surface area contributed by atoms with Gasteiger partial charge in [-0.15, -0.1) is 0 Å². The Hall–Kier alpha value is -3.20. The Bertz CT molecular complexity index is 1020. The van der Waals surface area contributed by atoms with Gasteiger partial charge in [0.1, 0.15) is 18.1 Å². The van der Waals surface area contributed by atoms with Crippen LogP contribution >= 0.6 is 15.9 Å². The second kappa shape index (κ2) is 8.44. The normalized spacial score (nSPS) is 14.9. The van der Waals surface area contributed by atoms with Gasteiger partial charge in [-0.25, -0.2) is 14.1 Å². The molecule has 3 rings (SSSR count). The van der Waals surface area contributed by atoms with Gasteiger partial charge in [0.2, 0.25) is 5.91 Å². The summed E-state index contributed by atoms with van der Waals surface area (Å²) < 4.78 is 14.5. The van der Waals surface area contributed by atoms with Gasteiger partial charge in [-0.2, -0.15) is 0 Å². The minimum Gasteiger partial charge on any atom is -0.377 e. The van der Waals surface area contributed by atoms with Crippen molar-refractivity contribution in [2.24, 2.45) is 0 Å². The molecule has 9 heteroatoms. The Kier molecular flexibility index (Phi) is 5.97. The number of rotatable bonds is 5. The van der Waals surface area contributed by atoms with E-state index in [4.69, 9.17) is 0 Å². The van der Waals surface area contributed by atoms with E-state index in [1.807, 2.05) is 31.1 Å². The maximum atomic E-state index is 13.6. The maximum absolute atomic E-state index is 13.6. The van der Waals surface area contributed by atoms with E-state index in [2.05, 4.69) is 26.6 Å². The molecular formula is C20H18BrFN4O3. The van der Waals surface area contributed by atoms with Crippen LogP contribution in [0.2, 0.25) is 0 Å². The molecule has 1 saturated heterocycles. The van der Waals surface area contributed by atoms with Crippen LogP contribution in [0.15, 0.2) is 52.6 Å². The molecule has 0 saturated carbocycles. The smallest absolute Gasteiger partial charge is 0.329 e. The lowest BCUT2D eigenvalue weighted by molar-refractivity contribution is -0.127. The van der Waals surface area contributed by atoms with Gasteiger partial charge < -0.3 is 15.5 Å². The van der Waals surface area contributed by atoms with Crippen LogP contribution in [0.1, 0.15) is 5.56 Å². The summed E-state index contributed by atoms with van der Waals surface area (Å²) in [7, 11) is 3.81. The van der Waals surface area contributed by atoms with E-state index >= 15 is 0 Å². The number of hydrogen-bond acceptors (Lipinski definition) is 4. The van der Waals surface area contributed by atoms with Gasteiger partial charge in [0.05, 0.1) is 11.4 Å². The highest BCUT2D eigenvalue weighted by Crippen LogP contribution is 2.27. The lowest BCUT2D eigenvalue weighted by Gasteiger charge is -2.14. The summed E-state index contributed by atoms with van der Waals surface area (Å²) in [6.45, 7) is -0.528. The van der Waals surface area contributed by atoms with Crippen LogP contribution in [0, 0.1) is 5.82 Å². The van der Waals surface area contributed by atoms with Crippen LogP contribution in [-0.4, -0.2) is 43.4 Å². The molecule has 2 aromatic carbocycles. The van der Waals surface area contributed by atoms with Gasteiger partial charge in [0.15, 0.2) is 0 Å². The molecule has 2 aromatic rings. The summed E-state index contributed by atoms with van der Waals surface area (Å²) in [6, 6.07) is 10.4. The van der Waals surface area contributed by atoms with Crippen molar-refractivity contribution in [1.82, 2.24) is 10.2 Å². The van der Waals surface area contributed by atoms with E-state index in [1.54, 1.807) is 12.1 Å². The third-order valence-corrected chi connectivity index (χ3v) is 4.81. The zero-order chi connectivity index (χ0) is 21.1. The summed E-state index contributed by atoms with van der Waals surface area (Å²) in [4.78, 5) is 39.5. The van der Waals surface area contributed by atoms with Crippen LogP contribution < -0.4 is 15.5 Å². The number of imide groups is 1. The molecule has 0 spiro atoms. The molecule has 29 heavy (non-hydrogen) atoms. The van der Waals surface area contributed by atoms with Gasteiger partial charge in [-0.05, 0) is 51.8 Å². The van der Waals surface area contributed by atoms with Gasteiger partial charge in [0, 0.05) is 18.6 Å². The SMILES string of the molecule is CN(C)c1ccc(/C=C2/NC(=O)N(CC(=O)Nc3ccccc3F)C2=O)cc1Br. The van der Waals surface area contributed by atoms with E-state index < -0.39 is 30.2 Å². The third kappa shape index (κ3) is 4.62. The third-order valence-electron chi connectivity index (χ3n) is 4.18. The van der Waals surface area contributed by atoms with Crippen molar-refractivity contribution in [2.75, 3.05) is 30.9 Å². The molecule has 0 aromatic heterocycles. The summed E-state index contributed by atoms with van der Waals surface area (Å²) in [6.07, 6.45) is 1.53. The quantitative estimate of drug-likeness (QED) is 0.530. The van der Waals surface area contributed by atoms with E-state index in [0.29, 0.717) is 5.56 Å². The number of halogens is 2. The van der Waals surface area contributed by atoms with Crippen molar-refractivity contribution in [3.05, 3.63) is 64.0 Å². The minimum absolute atomic E-state index is 0.0221. The molecule has 150 valence electrons. The predicted molar refractivity (Wildman–Crippen MR) is 112 cm³/mol. The Morgan fingerprint density at radius 3 is 2.62 bits per heavy atom. The van der Waals surface area contributed by atoms with Crippen molar-refractivity contribution in [3.63, 3.8) is 0 Å². The van der Waals surface area contributed by atoms with E-state index in [9.17, 15) is 18.8 Å². The summed E-state index contributed by atoms with van der Waals surface area (Å²) >= 11 is 3.47. The zero-order valence-corrected chi connectivity index (χ0v) is 17.3. The summed E-state index contributed by atoms with van der Waals surface area (Å²) in [5.41, 5.74) is 1.69. The molecule has 1 fully saturated rings. The number of urea groups is 1. The molecular weight excluding hydrogens is 443 g/mol. The zero-order valence-electron chi connectivity index (χ0n) is 15.7. The predicted octanol–water partition coefficient (Wildman–Crippen LogP) is 3.19. The second-order valence-electron chi connectivity index (χ2n) is 6.51. The average molecular weight is 461 g/mol. The first-order valence-electron chi connectivity index (χ1n) is 8.62. The van der Waals surface area contributed by atoms with Gasteiger partial charge >= 0.3 is 6.03 Å². The fraction of sp³-hybridized carbons (Fsp3) is 0.150. The van der Waals surface area contributed by atoms with Gasteiger partial charge in [-0.1, -0.05) is 18.2 Å². The molecule has 2 N–H and O–H groups in total. The standard InChI is InChI=1S/C20H18BrFN4O3/c1-25(2)17-8-7-12(9-13(17)21)10-16-19(28)26(20(29)24-16)11-18(27)23-15-6-4-3-5-14(15)22/h3-10H,11H2,1-2H3,(H,23,27)(H,24,29)/b16-10+. The van der Waals surface area contributed by atoms with Crippen molar-refractivity contribution in [3.8, 4) is 0 Å². The second-order valence-corrected chi connectivity index (χ2v) is 7.37. The molecule has 1 aliphatic rings. The lowest BCUT2D eigenvalue weighted by Crippen LogP contribution is -2.38. The van der Waals surface area contributed by atoms with Crippen molar-refractivity contribution >= 4 is 51.2 Å². The van der Waals surface area contributed by atoms with Crippen molar-refractivity contribution in [2.45, 2.75) is 0 Å². The van der Waals surface area contributed by atoms with E-state index in [-0.39, 0.29) is 11.4 Å². The number of carbonyl (C=O) groups is 3. The Morgan fingerprint density at radius 1 is 1.24 bits per heavy atom. The topological polar surface area (TPSA) is 81.8 Å². The van der Waals surface area contributed by atoms with Gasteiger partial charge in [-0.3, -0.25) is 9.59 Å². The van der Waals surface area contributed by atoms with Crippen LogP contribution in [0.5, 0.6) is 0 Å². The fourth-order valence-corrected chi connectivity index (χ4v) is 3.50. The largest absolute Gasteiger partial charge is 0.377 e. The first-order chi connectivity index (χ1) is 13.8. The van der Waals surface area contributed by atoms with Crippen LogP contribution in [-0.2, 0) is 9.59 Å². The number of para-hydroxylation sites is 1. The summed E-state index contributed by atoms with van der Waals surface area (Å²) in [5.74, 6) is -1.92. The number of nitrogens with zero attached hydrogens (tertiary/aromatic N) is 2. The number of hydrogen-bond donors (Lipinski definition) is 2. The first kappa shape index (κ1) is 20.5. The molecule has 1 heterocycles. The van der Waals surface area contributed by atoms with E-state index in [1.165, 1.54) is 24.3 Å². The highest BCUT2D eigenvalue weighted by Gasteiger charge is 2.35. The Labute approximate surface area is 175 Å². The number of benzene rings is 2. The number of nitrogens with one attached hydrogen (secondary N) is 2. The number of anilines is 2. The van der Waals surface area contributed by atoms with Crippen LogP contribution in [0.4, 0.5) is 20.6 Å².